The molecule has 0 bridgehead atoms. The minimum Gasteiger partial charge on any atom is -0.459 e. The molecule has 2 aliphatic rings. The van der Waals surface area contributed by atoms with Gasteiger partial charge in [-0.25, -0.2) is 14.2 Å². The first-order valence-electron chi connectivity index (χ1n) is 10.5. The molecule has 0 radical (unpaired) electrons. The van der Waals surface area contributed by atoms with Gasteiger partial charge in [0.2, 0.25) is 5.91 Å². The average molecular weight is 486 g/mol. The smallest absolute Gasteiger partial charge is 0.338 e. The maximum Gasteiger partial charge on any atom is 0.338 e. The number of esters is 1. The lowest BCUT2D eigenvalue weighted by molar-refractivity contribution is -0.143. The Morgan fingerprint density at radius 1 is 1.24 bits per heavy atom. The number of allylic oxidation sites excluding steroid dienone is 1. The summed E-state index contributed by atoms with van der Waals surface area (Å²) in [4.78, 5) is 32.3. The molecule has 6 nitrogen and oxygen atoms in total. The van der Waals surface area contributed by atoms with E-state index in [2.05, 4.69) is 10.3 Å². The molecule has 0 spiro atoms. The fourth-order valence-electron chi connectivity index (χ4n) is 3.68. The number of carbonyl (C=O) groups excluding carboxylic acids is 2. The van der Waals surface area contributed by atoms with Gasteiger partial charge in [-0.05, 0) is 66.3 Å². The van der Waals surface area contributed by atoms with Crippen LogP contribution in [0.2, 0.25) is 0 Å². The Kier molecular flexibility index (Phi) is 6.99. The summed E-state index contributed by atoms with van der Waals surface area (Å²) in [5.41, 5.74) is 3.61. The van der Waals surface area contributed by atoms with Gasteiger partial charge in [0.15, 0.2) is 5.17 Å². The Morgan fingerprint density at radius 3 is 2.67 bits per heavy atom. The topological polar surface area (TPSA) is 71.0 Å². The molecule has 1 unspecified atom stereocenters. The zero-order chi connectivity index (χ0) is 23.5. The number of hydrogen-bond donors (Lipinski definition) is 1. The summed E-state index contributed by atoms with van der Waals surface area (Å²) in [6.45, 7) is 5.74. The first-order chi connectivity index (χ1) is 15.8. The van der Waals surface area contributed by atoms with Crippen LogP contribution in [0, 0.1) is 5.82 Å². The van der Waals surface area contributed by atoms with Crippen LogP contribution in [0.5, 0.6) is 0 Å². The van der Waals surface area contributed by atoms with Crippen molar-refractivity contribution in [2.45, 2.75) is 45.9 Å². The molecule has 1 aromatic carbocycles. The third-order valence-corrected chi connectivity index (χ3v) is 6.76. The molecule has 2 aromatic rings. The van der Waals surface area contributed by atoms with Crippen molar-refractivity contribution in [3.8, 4) is 0 Å². The van der Waals surface area contributed by atoms with Crippen LogP contribution in [0.25, 0.3) is 0 Å². The molecule has 9 heteroatoms. The highest BCUT2D eigenvalue weighted by atomic mass is 32.2. The summed E-state index contributed by atoms with van der Waals surface area (Å²) < 4.78 is 18.6. The van der Waals surface area contributed by atoms with E-state index in [0.717, 1.165) is 22.0 Å². The fourth-order valence-corrected chi connectivity index (χ4v) is 5.33. The number of halogens is 1. The molecule has 1 amide bonds. The Balaban J connectivity index is 1.55. The van der Waals surface area contributed by atoms with Gasteiger partial charge in [-0.15, -0.1) is 0 Å². The van der Waals surface area contributed by atoms with Crippen LogP contribution in [-0.4, -0.2) is 28.0 Å². The number of aliphatic imine (C=N–C) groups is 1. The molecule has 0 aliphatic carbocycles. The van der Waals surface area contributed by atoms with Crippen LogP contribution in [0.3, 0.4) is 0 Å². The van der Waals surface area contributed by atoms with Crippen molar-refractivity contribution in [2.75, 3.05) is 0 Å². The second-order valence-corrected chi connectivity index (χ2v) is 9.60. The lowest BCUT2D eigenvalue weighted by Gasteiger charge is -2.36. The van der Waals surface area contributed by atoms with E-state index in [4.69, 9.17) is 4.74 Å². The molecular weight excluding hydrogens is 461 g/mol. The van der Waals surface area contributed by atoms with Gasteiger partial charge in [0.1, 0.15) is 5.82 Å². The van der Waals surface area contributed by atoms with E-state index >= 15 is 0 Å². The Morgan fingerprint density at radius 2 is 2.00 bits per heavy atom. The molecule has 4 rings (SSSR count). The molecule has 2 aliphatic heterocycles. The summed E-state index contributed by atoms with van der Waals surface area (Å²) in [6.07, 6.45) is -0.133. The Bertz CT molecular complexity index is 1140. The SMILES string of the molecule is CC1=C(C(=O)OC(C)C)C(c2ccsc2)N2C(CC(=O)NCc3ccc(F)cc3)=CSC2=N1. The van der Waals surface area contributed by atoms with Crippen LogP contribution < -0.4 is 5.32 Å². The molecule has 1 N–H and O–H groups in total. The summed E-state index contributed by atoms with van der Waals surface area (Å²) in [6, 6.07) is 7.58. The lowest BCUT2D eigenvalue weighted by Crippen LogP contribution is -2.38. The number of fused-ring (bicyclic) bond motifs is 1. The summed E-state index contributed by atoms with van der Waals surface area (Å²) in [5.74, 6) is -0.891. The zero-order valence-corrected chi connectivity index (χ0v) is 20.1. The van der Waals surface area contributed by atoms with Gasteiger partial charge in [0.05, 0.1) is 29.8 Å². The summed E-state index contributed by atoms with van der Waals surface area (Å²) in [5, 5.41) is 9.47. The van der Waals surface area contributed by atoms with E-state index < -0.39 is 12.0 Å². The molecule has 33 heavy (non-hydrogen) atoms. The highest BCUT2D eigenvalue weighted by molar-refractivity contribution is 8.16. The number of hydrogen-bond acceptors (Lipinski definition) is 7. The molecule has 3 heterocycles. The first kappa shape index (κ1) is 23.3. The van der Waals surface area contributed by atoms with Gasteiger partial charge < -0.3 is 15.0 Å². The van der Waals surface area contributed by atoms with Crippen LogP contribution >= 0.6 is 23.1 Å². The van der Waals surface area contributed by atoms with Gasteiger partial charge in [0.25, 0.3) is 0 Å². The molecule has 172 valence electrons. The average Bonchev–Trinajstić information content (AvgIpc) is 3.42. The first-order valence-corrected chi connectivity index (χ1v) is 12.3. The molecule has 1 aromatic heterocycles. The minimum atomic E-state index is -0.416. The second kappa shape index (κ2) is 9.93. The molecular formula is C24H24FN3O3S2. The van der Waals surface area contributed by atoms with Crippen LogP contribution in [0.1, 0.15) is 44.4 Å². The van der Waals surface area contributed by atoms with Crippen molar-refractivity contribution >= 4 is 40.1 Å². The quantitative estimate of drug-likeness (QED) is 0.551. The van der Waals surface area contributed by atoms with Crippen LogP contribution in [0.4, 0.5) is 4.39 Å². The maximum atomic E-state index is 13.1. The van der Waals surface area contributed by atoms with E-state index in [-0.39, 0.29) is 24.2 Å². The van der Waals surface area contributed by atoms with E-state index in [1.807, 2.05) is 47.9 Å². The highest BCUT2D eigenvalue weighted by Gasteiger charge is 2.41. The van der Waals surface area contributed by atoms with Gasteiger partial charge in [-0.3, -0.25) is 4.79 Å². The number of nitrogens with one attached hydrogen (secondary N) is 1. The number of nitrogens with zero attached hydrogens (tertiary/aromatic N) is 2. The van der Waals surface area contributed by atoms with Crippen molar-refractivity contribution in [3.63, 3.8) is 0 Å². The Labute approximate surface area is 200 Å². The van der Waals surface area contributed by atoms with E-state index in [1.54, 1.807) is 23.5 Å². The standard InChI is InChI=1S/C24H24FN3O3S2/c1-14(2)31-23(30)21-15(3)27-24-28(22(21)17-8-9-32-12-17)19(13-33-24)10-20(29)26-11-16-4-6-18(25)7-5-16/h4-9,12-14,22H,10-11H2,1-3H3,(H,26,29). The number of amides is 1. The predicted octanol–water partition coefficient (Wildman–Crippen LogP) is 5.12. The lowest BCUT2D eigenvalue weighted by atomic mass is 9.96. The third-order valence-electron chi connectivity index (χ3n) is 5.17. The predicted molar refractivity (Wildman–Crippen MR) is 129 cm³/mol. The zero-order valence-electron chi connectivity index (χ0n) is 18.5. The van der Waals surface area contributed by atoms with Gasteiger partial charge in [-0.2, -0.15) is 11.3 Å². The molecule has 0 saturated carbocycles. The molecule has 0 saturated heterocycles. The monoisotopic (exact) mass is 485 g/mol. The van der Waals surface area contributed by atoms with Crippen molar-refractivity contribution in [3.05, 3.63) is 80.4 Å². The van der Waals surface area contributed by atoms with Crippen LogP contribution in [0.15, 0.2) is 68.5 Å². The van der Waals surface area contributed by atoms with E-state index in [9.17, 15) is 14.0 Å². The van der Waals surface area contributed by atoms with E-state index in [0.29, 0.717) is 17.8 Å². The van der Waals surface area contributed by atoms with Gasteiger partial charge in [-0.1, -0.05) is 23.9 Å². The normalized spacial score (nSPS) is 17.6. The van der Waals surface area contributed by atoms with E-state index in [1.165, 1.54) is 23.9 Å². The summed E-state index contributed by atoms with van der Waals surface area (Å²) >= 11 is 2.98. The molecule has 1 atom stereocenters. The maximum absolute atomic E-state index is 13.1. The van der Waals surface area contributed by atoms with Crippen molar-refractivity contribution in [1.29, 1.82) is 0 Å². The van der Waals surface area contributed by atoms with Crippen molar-refractivity contribution in [2.24, 2.45) is 4.99 Å². The van der Waals surface area contributed by atoms with Gasteiger partial charge >= 0.3 is 5.97 Å². The van der Waals surface area contributed by atoms with Crippen LogP contribution in [-0.2, 0) is 20.9 Å². The number of thioether (sulfide) groups is 1. The fraction of sp³-hybridized carbons (Fsp3) is 0.292. The number of ether oxygens (including phenoxy) is 1. The number of carbonyl (C=O) groups is 2. The largest absolute Gasteiger partial charge is 0.459 e. The Hall–Kier alpha value is -2.91. The molecule has 0 fully saturated rings. The second-order valence-electron chi connectivity index (χ2n) is 7.98. The summed E-state index contributed by atoms with van der Waals surface area (Å²) in [7, 11) is 0. The number of rotatable bonds is 7. The van der Waals surface area contributed by atoms with Gasteiger partial charge in [0, 0.05) is 12.2 Å². The minimum absolute atomic E-state index is 0.124. The number of thiophene rings is 1. The number of benzene rings is 1. The third kappa shape index (κ3) is 5.20. The van der Waals surface area contributed by atoms with Crippen molar-refractivity contribution in [1.82, 2.24) is 10.2 Å². The number of amidine groups is 1. The van der Waals surface area contributed by atoms with Crippen molar-refractivity contribution < 1.29 is 18.7 Å². The highest BCUT2D eigenvalue weighted by Crippen LogP contribution is 2.45.